The lowest BCUT2D eigenvalue weighted by molar-refractivity contribution is 0.0562. The van der Waals surface area contributed by atoms with Gasteiger partial charge in [-0.2, -0.15) is 0 Å². The molecule has 2 heterocycles. The smallest absolute Gasteiger partial charge is 0.254 e. The summed E-state index contributed by atoms with van der Waals surface area (Å²) in [4.78, 5) is 45.5. The van der Waals surface area contributed by atoms with Crippen LogP contribution in [0, 0.1) is 17.6 Å². The van der Waals surface area contributed by atoms with Crippen LogP contribution in [0.25, 0.3) is 0 Å². The summed E-state index contributed by atoms with van der Waals surface area (Å²) in [6, 6.07) is 18.2. The van der Waals surface area contributed by atoms with Gasteiger partial charge in [-0.1, -0.05) is 24.3 Å². The number of thioether (sulfide) groups is 1. The summed E-state index contributed by atoms with van der Waals surface area (Å²) in [5.41, 5.74) is 1.06. The first-order valence-corrected chi connectivity index (χ1v) is 14.3. The minimum atomic E-state index is -1.00. The lowest BCUT2D eigenvalue weighted by Gasteiger charge is -2.37. The van der Waals surface area contributed by atoms with Crippen molar-refractivity contribution in [2.75, 3.05) is 33.7 Å². The Labute approximate surface area is 236 Å². The van der Waals surface area contributed by atoms with Crippen LogP contribution in [0.15, 0.2) is 71.6 Å². The maximum Gasteiger partial charge on any atom is 0.254 e. The van der Waals surface area contributed by atoms with Crippen LogP contribution in [0.1, 0.15) is 49.5 Å². The van der Waals surface area contributed by atoms with Gasteiger partial charge in [0.1, 0.15) is 0 Å². The second-order valence-corrected chi connectivity index (χ2v) is 11.5. The zero-order chi connectivity index (χ0) is 28.4. The Morgan fingerprint density at radius 1 is 0.925 bits per heavy atom. The molecule has 3 aromatic carbocycles. The lowest BCUT2D eigenvalue weighted by atomic mass is 9.91. The number of carbonyl (C=O) groups is 3. The molecule has 0 unspecified atom stereocenters. The van der Waals surface area contributed by atoms with Crippen LogP contribution in [0.3, 0.4) is 0 Å². The summed E-state index contributed by atoms with van der Waals surface area (Å²) in [6.45, 7) is 1.33. The number of benzene rings is 3. The van der Waals surface area contributed by atoms with Crippen LogP contribution in [0.4, 0.5) is 8.78 Å². The average molecular weight is 564 g/mol. The van der Waals surface area contributed by atoms with Gasteiger partial charge < -0.3 is 14.7 Å². The molecular formula is C31H31F2N3O3S. The van der Waals surface area contributed by atoms with Gasteiger partial charge in [0.15, 0.2) is 11.6 Å². The second kappa shape index (κ2) is 11.8. The van der Waals surface area contributed by atoms with Crippen molar-refractivity contribution in [1.82, 2.24) is 14.7 Å². The Morgan fingerprint density at radius 3 is 2.42 bits per heavy atom. The number of amides is 3. The molecule has 0 N–H and O–H groups in total. The number of halogens is 2. The molecule has 2 aliphatic heterocycles. The number of fused-ring (bicyclic) bond motifs is 1. The molecule has 2 aliphatic rings. The van der Waals surface area contributed by atoms with E-state index in [1.165, 1.54) is 22.7 Å². The molecule has 6 nitrogen and oxygen atoms in total. The number of hydrogen-bond donors (Lipinski definition) is 0. The fourth-order valence-corrected chi connectivity index (χ4v) is 6.53. The zero-order valence-electron chi connectivity index (χ0n) is 22.5. The van der Waals surface area contributed by atoms with E-state index in [0.717, 1.165) is 23.8 Å². The molecule has 0 bridgehead atoms. The van der Waals surface area contributed by atoms with E-state index in [2.05, 4.69) is 0 Å². The first-order chi connectivity index (χ1) is 19.2. The third kappa shape index (κ3) is 5.61. The summed E-state index contributed by atoms with van der Waals surface area (Å²) in [5, 5.41) is 0. The van der Waals surface area contributed by atoms with Crippen molar-refractivity contribution in [2.24, 2.45) is 5.92 Å². The Bertz CT molecular complexity index is 1430. The fraction of sp³-hybridized carbons (Fsp3) is 0.323. The van der Waals surface area contributed by atoms with Gasteiger partial charge in [0, 0.05) is 66.6 Å². The third-order valence-electron chi connectivity index (χ3n) is 7.64. The Kier molecular flexibility index (Phi) is 8.21. The summed E-state index contributed by atoms with van der Waals surface area (Å²) in [6.07, 6.45) is 1.63. The van der Waals surface area contributed by atoms with Gasteiger partial charge >= 0.3 is 0 Å². The van der Waals surface area contributed by atoms with E-state index in [4.69, 9.17) is 0 Å². The monoisotopic (exact) mass is 563 g/mol. The second-order valence-electron chi connectivity index (χ2n) is 10.4. The first-order valence-electron chi connectivity index (χ1n) is 13.3. The van der Waals surface area contributed by atoms with Crippen LogP contribution < -0.4 is 0 Å². The summed E-state index contributed by atoms with van der Waals surface area (Å²) >= 11 is 1.34. The normalized spacial score (nSPS) is 18.4. The minimum Gasteiger partial charge on any atom is -0.345 e. The number of nitrogens with zero attached hydrogens (tertiary/aromatic N) is 3. The number of rotatable bonds is 6. The molecule has 2 atom stereocenters. The van der Waals surface area contributed by atoms with E-state index in [1.54, 1.807) is 48.2 Å². The summed E-state index contributed by atoms with van der Waals surface area (Å²) in [5.74, 6) is -2.51. The van der Waals surface area contributed by atoms with Crippen LogP contribution in [-0.4, -0.2) is 72.2 Å². The van der Waals surface area contributed by atoms with E-state index in [9.17, 15) is 18.8 Å². The van der Waals surface area contributed by atoms with Crippen molar-refractivity contribution in [2.45, 2.75) is 29.5 Å². The largest absolute Gasteiger partial charge is 0.345 e. The highest BCUT2D eigenvalue weighted by Gasteiger charge is 2.43. The third-order valence-corrected chi connectivity index (χ3v) is 8.68. The Morgan fingerprint density at radius 2 is 1.68 bits per heavy atom. The van der Waals surface area contributed by atoms with Gasteiger partial charge in [-0.3, -0.25) is 14.4 Å². The molecule has 40 heavy (non-hydrogen) atoms. The topological polar surface area (TPSA) is 60.9 Å². The molecule has 3 amide bonds. The highest BCUT2D eigenvalue weighted by Crippen LogP contribution is 2.34. The number of likely N-dealkylation sites (tertiary alicyclic amines) is 2. The molecule has 0 saturated carbocycles. The van der Waals surface area contributed by atoms with Crippen LogP contribution in [-0.2, 0) is 5.75 Å². The molecule has 0 spiro atoms. The first kappa shape index (κ1) is 27.8. The van der Waals surface area contributed by atoms with Crippen molar-refractivity contribution < 1.29 is 23.2 Å². The summed E-state index contributed by atoms with van der Waals surface area (Å²) in [7, 11) is 3.32. The quantitative estimate of drug-likeness (QED) is 0.380. The molecule has 0 aliphatic carbocycles. The number of carbonyl (C=O) groups excluding carboxylic acids is 3. The van der Waals surface area contributed by atoms with E-state index >= 15 is 4.39 Å². The molecule has 2 fully saturated rings. The average Bonchev–Trinajstić information content (AvgIpc) is 3.42. The molecule has 0 radical (unpaired) electrons. The molecule has 208 valence electrons. The predicted octanol–water partition coefficient (Wildman–Crippen LogP) is 5.34. The van der Waals surface area contributed by atoms with E-state index in [0.29, 0.717) is 30.8 Å². The van der Waals surface area contributed by atoms with Crippen molar-refractivity contribution in [3.05, 3.63) is 101 Å². The van der Waals surface area contributed by atoms with Crippen molar-refractivity contribution in [1.29, 1.82) is 0 Å². The van der Waals surface area contributed by atoms with Gasteiger partial charge in [-0.05, 0) is 61.2 Å². The Hall–Kier alpha value is -3.72. The van der Waals surface area contributed by atoms with Crippen LogP contribution in [0.5, 0.6) is 0 Å². The van der Waals surface area contributed by atoms with Crippen molar-refractivity contribution in [3.8, 4) is 0 Å². The lowest BCUT2D eigenvalue weighted by Crippen LogP contribution is -2.48. The van der Waals surface area contributed by atoms with Gasteiger partial charge in [-0.15, -0.1) is 11.8 Å². The van der Waals surface area contributed by atoms with E-state index in [-0.39, 0.29) is 46.6 Å². The molecule has 3 aromatic rings. The molecule has 0 aromatic heterocycles. The predicted molar refractivity (Wildman–Crippen MR) is 150 cm³/mol. The van der Waals surface area contributed by atoms with E-state index < -0.39 is 11.6 Å². The SMILES string of the molecule is CN(C)C(=O)c1cccc(C(=O)N2C[C@H]3CCCN(C(=O)c4ccc(F)c(F)c4CSc4ccccc4)[C@H]3C2)c1. The zero-order valence-corrected chi connectivity index (χ0v) is 23.3. The number of piperidine rings is 1. The van der Waals surface area contributed by atoms with Gasteiger partial charge in [-0.25, -0.2) is 8.78 Å². The van der Waals surface area contributed by atoms with Crippen molar-refractivity contribution >= 4 is 29.5 Å². The molecule has 5 rings (SSSR count). The highest BCUT2D eigenvalue weighted by molar-refractivity contribution is 7.98. The highest BCUT2D eigenvalue weighted by atomic mass is 32.2. The maximum absolute atomic E-state index is 15.0. The van der Waals surface area contributed by atoms with Crippen molar-refractivity contribution in [3.63, 3.8) is 0 Å². The standard InChI is InChI=1S/C31H31F2N3O3S/c1-34(2)29(37)20-8-6-9-21(16-20)30(38)35-17-22-10-7-15-36(27(22)18-35)31(39)24-13-14-26(32)28(33)25(24)19-40-23-11-4-3-5-12-23/h3-6,8-9,11-14,16,22,27H,7,10,15,17-19H2,1-2H3/t22-,27+/m1/s1. The molecule has 9 heteroatoms. The van der Waals surface area contributed by atoms with Gasteiger partial charge in [0.25, 0.3) is 17.7 Å². The fourth-order valence-electron chi connectivity index (χ4n) is 5.59. The van der Waals surface area contributed by atoms with Crippen LogP contribution in [0.2, 0.25) is 0 Å². The van der Waals surface area contributed by atoms with Gasteiger partial charge in [0.05, 0.1) is 6.04 Å². The minimum absolute atomic E-state index is 0.0503. The summed E-state index contributed by atoms with van der Waals surface area (Å²) < 4.78 is 29.3. The van der Waals surface area contributed by atoms with Crippen LogP contribution >= 0.6 is 11.8 Å². The maximum atomic E-state index is 15.0. The van der Waals surface area contributed by atoms with Gasteiger partial charge in [0.2, 0.25) is 0 Å². The Balaban J connectivity index is 1.36. The van der Waals surface area contributed by atoms with E-state index in [1.807, 2.05) is 30.3 Å². The molecule has 2 saturated heterocycles. The number of hydrogen-bond acceptors (Lipinski definition) is 4. The molecular weight excluding hydrogens is 532 g/mol.